The second-order valence-corrected chi connectivity index (χ2v) is 9.65. The van der Waals surface area contributed by atoms with Gasteiger partial charge in [0.25, 0.3) is 5.56 Å². The molecule has 1 N–H and O–H groups in total. The van der Waals surface area contributed by atoms with E-state index in [9.17, 15) is 14.7 Å². The minimum Gasteiger partial charge on any atom is -0.387 e. The van der Waals surface area contributed by atoms with Crippen LogP contribution in [0.15, 0.2) is 17.2 Å². The van der Waals surface area contributed by atoms with Crippen molar-refractivity contribution in [2.45, 2.75) is 64.5 Å². The lowest BCUT2D eigenvalue weighted by atomic mass is 9.92. The van der Waals surface area contributed by atoms with E-state index in [0.29, 0.717) is 38.5 Å². The third-order valence-corrected chi connectivity index (χ3v) is 6.11. The number of aliphatic hydroxyl groups is 1. The number of aromatic nitrogens is 2. The van der Waals surface area contributed by atoms with E-state index in [0.717, 1.165) is 31.6 Å². The molecule has 3 rings (SSSR count). The fraction of sp³-hybridized carbons (Fsp3) is 0.762. The van der Waals surface area contributed by atoms with Crippen molar-refractivity contribution in [1.82, 2.24) is 19.4 Å². The van der Waals surface area contributed by atoms with E-state index in [1.165, 1.54) is 0 Å². The summed E-state index contributed by atoms with van der Waals surface area (Å²) in [6.45, 7) is 11.9. The van der Waals surface area contributed by atoms with Crippen LogP contribution >= 0.6 is 0 Å². The van der Waals surface area contributed by atoms with Crippen molar-refractivity contribution in [3.05, 3.63) is 28.4 Å². The fourth-order valence-electron chi connectivity index (χ4n) is 4.25. The molecule has 0 aliphatic carbocycles. The van der Waals surface area contributed by atoms with Gasteiger partial charge in [0, 0.05) is 38.0 Å². The van der Waals surface area contributed by atoms with Gasteiger partial charge in [-0.25, -0.2) is 4.98 Å². The summed E-state index contributed by atoms with van der Waals surface area (Å²) in [5.74, 6) is 0.481. The molecule has 156 valence electrons. The second kappa shape index (κ2) is 7.95. The predicted molar refractivity (Wildman–Crippen MR) is 108 cm³/mol. The Balaban J connectivity index is 1.51. The number of hydrogen-bond donors (Lipinski definition) is 1. The van der Waals surface area contributed by atoms with Crippen LogP contribution in [0.2, 0.25) is 0 Å². The van der Waals surface area contributed by atoms with E-state index in [4.69, 9.17) is 0 Å². The van der Waals surface area contributed by atoms with Crippen LogP contribution in [0.4, 0.5) is 0 Å². The maximum atomic E-state index is 12.4. The molecule has 1 unspecified atom stereocenters. The summed E-state index contributed by atoms with van der Waals surface area (Å²) < 4.78 is 1.73. The Bertz CT molecular complexity index is 762. The number of nitrogens with zero attached hydrogens (tertiary/aromatic N) is 4. The summed E-state index contributed by atoms with van der Waals surface area (Å²) in [4.78, 5) is 32.4. The van der Waals surface area contributed by atoms with Crippen LogP contribution in [0.25, 0.3) is 0 Å². The van der Waals surface area contributed by atoms with Crippen molar-refractivity contribution in [1.29, 1.82) is 0 Å². The summed E-state index contributed by atoms with van der Waals surface area (Å²) in [6, 6.07) is 1.66. The number of amides is 1. The molecule has 2 saturated heterocycles. The molecule has 0 saturated carbocycles. The van der Waals surface area contributed by atoms with Crippen LogP contribution in [-0.2, 0) is 16.8 Å². The number of piperidine rings is 1. The summed E-state index contributed by atoms with van der Waals surface area (Å²) in [7, 11) is 0. The van der Waals surface area contributed by atoms with Crippen molar-refractivity contribution in [3.8, 4) is 0 Å². The van der Waals surface area contributed by atoms with Crippen LogP contribution in [0.5, 0.6) is 0 Å². The molecule has 7 heteroatoms. The monoisotopic (exact) mass is 390 g/mol. The van der Waals surface area contributed by atoms with Crippen LogP contribution in [0, 0.1) is 5.92 Å². The third kappa shape index (κ3) is 5.00. The van der Waals surface area contributed by atoms with E-state index in [2.05, 4.69) is 30.7 Å². The molecule has 2 aliphatic rings. The number of hydrogen-bond acceptors (Lipinski definition) is 5. The van der Waals surface area contributed by atoms with Gasteiger partial charge in [-0.1, -0.05) is 20.8 Å². The number of carbonyl (C=O) groups excluding carboxylic acids is 1. The van der Waals surface area contributed by atoms with Crippen LogP contribution in [0.1, 0.15) is 52.7 Å². The third-order valence-electron chi connectivity index (χ3n) is 6.11. The topological polar surface area (TPSA) is 78.7 Å². The Labute approximate surface area is 167 Å². The normalized spacial score (nSPS) is 24.7. The molecular weight excluding hydrogens is 356 g/mol. The van der Waals surface area contributed by atoms with Gasteiger partial charge < -0.3 is 14.9 Å². The summed E-state index contributed by atoms with van der Waals surface area (Å²) in [5.41, 5.74) is -0.0653. The van der Waals surface area contributed by atoms with Crippen molar-refractivity contribution >= 4 is 5.91 Å². The number of carbonyl (C=O) groups is 1. The highest BCUT2D eigenvalue weighted by Gasteiger charge is 2.39. The Morgan fingerprint density at radius 3 is 2.50 bits per heavy atom. The molecule has 1 aromatic heterocycles. The second-order valence-electron chi connectivity index (χ2n) is 9.65. The Morgan fingerprint density at radius 2 is 1.96 bits per heavy atom. The molecule has 1 atom stereocenters. The van der Waals surface area contributed by atoms with E-state index >= 15 is 0 Å². The van der Waals surface area contributed by atoms with Crippen molar-refractivity contribution in [2.75, 3.05) is 32.7 Å². The Kier molecular flexibility index (Phi) is 5.96. The van der Waals surface area contributed by atoms with Gasteiger partial charge >= 0.3 is 0 Å². The zero-order chi connectivity index (χ0) is 20.5. The van der Waals surface area contributed by atoms with Crippen molar-refractivity contribution < 1.29 is 9.90 Å². The lowest BCUT2D eigenvalue weighted by Gasteiger charge is -2.36. The Morgan fingerprint density at radius 1 is 1.29 bits per heavy atom. The quantitative estimate of drug-likeness (QED) is 0.837. The van der Waals surface area contributed by atoms with Gasteiger partial charge in [-0.05, 0) is 38.3 Å². The highest BCUT2D eigenvalue weighted by atomic mass is 16.3. The first-order valence-electron chi connectivity index (χ1n) is 10.3. The minimum atomic E-state index is -0.790. The van der Waals surface area contributed by atoms with Crippen molar-refractivity contribution in [2.24, 2.45) is 5.92 Å². The molecule has 0 aromatic carbocycles. The van der Waals surface area contributed by atoms with Gasteiger partial charge in [0.1, 0.15) is 0 Å². The first-order valence-corrected chi connectivity index (χ1v) is 10.3. The van der Waals surface area contributed by atoms with Gasteiger partial charge in [-0.15, -0.1) is 0 Å². The van der Waals surface area contributed by atoms with Crippen molar-refractivity contribution in [3.63, 3.8) is 0 Å². The van der Waals surface area contributed by atoms with Crippen LogP contribution in [-0.4, -0.2) is 68.7 Å². The SMILES string of the molecule is CC(=O)N1CCC(O)(CN2CCC(Cn3cnc(C(C)(C)C)cc3=O)CC2)C1. The first-order chi connectivity index (χ1) is 13.1. The highest BCUT2D eigenvalue weighted by molar-refractivity contribution is 5.73. The van der Waals surface area contributed by atoms with Gasteiger partial charge in [-0.2, -0.15) is 0 Å². The molecule has 2 fully saturated rings. The average molecular weight is 391 g/mol. The van der Waals surface area contributed by atoms with Gasteiger partial charge in [0.2, 0.25) is 5.91 Å². The van der Waals surface area contributed by atoms with Crippen LogP contribution < -0.4 is 5.56 Å². The van der Waals surface area contributed by atoms with E-state index < -0.39 is 5.60 Å². The Hall–Kier alpha value is -1.73. The molecule has 1 aromatic rings. The van der Waals surface area contributed by atoms with Crippen LogP contribution in [0.3, 0.4) is 0 Å². The molecule has 0 spiro atoms. The lowest BCUT2D eigenvalue weighted by Crippen LogP contribution is -2.48. The standard InChI is InChI=1S/C21H34N4O3/c1-16(26)24-10-7-21(28,14-24)13-23-8-5-17(6-9-23)12-25-15-22-18(11-19(25)27)20(2,3)4/h11,15,17,28H,5-10,12-14H2,1-4H3. The largest absolute Gasteiger partial charge is 0.387 e. The molecule has 0 radical (unpaired) electrons. The lowest BCUT2D eigenvalue weighted by molar-refractivity contribution is -0.129. The number of β-amino-alcohol motifs (C(OH)–C–C–N with tert-alkyl or cyclic N) is 1. The maximum Gasteiger partial charge on any atom is 0.253 e. The summed E-state index contributed by atoms with van der Waals surface area (Å²) in [6.07, 6.45) is 4.33. The minimum absolute atomic E-state index is 0.0203. The zero-order valence-corrected chi connectivity index (χ0v) is 17.6. The van der Waals surface area contributed by atoms with Gasteiger partial charge in [-0.3, -0.25) is 14.2 Å². The van der Waals surface area contributed by atoms with Gasteiger partial charge in [0.15, 0.2) is 0 Å². The number of likely N-dealkylation sites (tertiary alicyclic amines) is 2. The molecule has 7 nitrogen and oxygen atoms in total. The smallest absolute Gasteiger partial charge is 0.253 e. The van der Waals surface area contributed by atoms with Gasteiger partial charge in [0.05, 0.1) is 24.2 Å². The van der Waals surface area contributed by atoms with E-state index in [1.807, 2.05) is 0 Å². The molecule has 3 heterocycles. The van der Waals surface area contributed by atoms with E-state index in [1.54, 1.807) is 28.8 Å². The molecule has 1 amide bonds. The molecule has 28 heavy (non-hydrogen) atoms. The zero-order valence-electron chi connectivity index (χ0n) is 17.6. The first kappa shape index (κ1) is 21.0. The average Bonchev–Trinajstić information content (AvgIpc) is 3.00. The highest BCUT2D eigenvalue weighted by Crippen LogP contribution is 2.26. The maximum absolute atomic E-state index is 12.4. The molecule has 2 aliphatic heterocycles. The number of rotatable bonds is 4. The van der Waals surface area contributed by atoms with E-state index in [-0.39, 0.29) is 16.9 Å². The summed E-state index contributed by atoms with van der Waals surface area (Å²) >= 11 is 0. The molecule has 0 bridgehead atoms. The molecular formula is C21H34N4O3. The predicted octanol–water partition coefficient (Wildman–Crippen LogP) is 1.24. The summed E-state index contributed by atoms with van der Waals surface area (Å²) in [5, 5.41) is 10.8. The fourth-order valence-corrected chi connectivity index (χ4v) is 4.25.